The van der Waals surface area contributed by atoms with Crippen LogP contribution in [0.15, 0.2) is 24.3 Å². The van der Waals surface area contributed by atoms with Crippen LogP contribution in [0.2, 0.25) is 0 Å². The lowest BCUT2D eigenvalue weighted by molar-refractivity contribution is 0.0600. The molecule has 1 aromatic rings. The minimum absolute atomic E-state index is 0.0670. The Morgan fingerprint density at radius 2 is 1.80 bits per heavy atom. The van der Waals surface area contributed by atoms with E-state index in [0.717, 1.165) is 0 Å². The van der Waals surface area contributed by atoms with Crippen molar-refractivity contribution in [2.45, 2.75) is 6.42 Å². The van der Waals surface area contributed by atoms with Crippen molar-refractivity contribution in [3.63, 3.8) is 0 Å². The molecule has 15 heavy (non-hydrogen) atoms. The van der Waals surface area contributed by atoms with E-state index in [1.165, 1.54) is 19.2 Å². The zero-order valence-corrected chi connectivity index (χ0v) is 8.32. The van der Waals surface area contributed by atoms with Crippen LogP contribution in [0.3, 0.4) is 0 Å². The number of terminal acetylenes is 1. The first kappa shape index (κ1) is 11.0. The van der Waals surface area contributed by atoms with Crippen molar-refractivity contribution in [1.29, 1.82) is 0 Å². The molecule has 0 amide bonds. The number of carbonyl (C=O) groups is 2. The van der Waals surface area contributed by atoms with Crippen LogP contribution in [0.25, 0.3) is 0 Å². The van der Waals surface area contributed by atoms with Crippen LogP contribution in [-0.4, -0.2) is 18.9 Å². The van der Waals surface area contributed by atoms with Crippen LogP contribution in [0.1, 0.15) is 27.1 Å². The third kappa shape index (κ3) is 2.68. The standard InChI is InChI=1S/C12H10O3/c1-3-4-11(13)9-5-7-10(8-6-9)12(14)15-2/h1,5-8H,4H2,2H3. The Morgan fingerprint density at radius 3 is 2.27 bits per heavy atom. The summed E-state index contributed by atoms with van der Waals surface area (Å²) in [4.78, 5) is 22.4. The molecule has 1 rings (SSSR count). The van der Waals surface area contributed by atoms with Crippen molar-refractivity contribution >= 4 is 11.8 Å². The predicted molar refractivity (Wildman–Crippen MR) is 55.6 cm³/mol. The van der Waals surface area contributed by atoms with Gasteiger partial charge >= 0.3 is 5.97 Å². The molecule has 0 aliphatic rings. The Balaban J connectivity index is 2.86. The van der Waals surface area contributed by atoms with Gasteiger partial charge in [-0.25, -0.2) is 4.79 Å². The fraction of sp³-hybridized carbons (Fsp3) is 0.167. The summed E-state index contributed by atoms with van der Waals surface area (Å²) >= 11 is 0. The van der Waals surface area contributed by atoms with Gasteiger partial charge in [-0.1, -0.05) is 18.1 Å². The second-order valence-corrected chi connectivity index (χ2v) is 2.87. The highest BCUT2D eigenvalue weighted by atomic mass is 16.5. The van der Waals surface area contributed by atoms with Gasteiger partial charge in [0, 0.05) is 5.56 Å². The minimum Gasteiger partial charge on any atom is -0.465 e. The summed E-state index contributed by atoms with van der Waals surface area (Å²) in [6.07, 6.45) is 5.09. The Kier molecular flexibility index (Phi) is 3.64. The highest BCUT2D eigenvalue weighted by molar-refractivity contribution is 5.98. The number of Topliss-reactive ketones (excluding diaryl/α,β-unsaturated/α-hetero) is 1. The maximum absolute atomic E-state index is 11.3. The molecule has 0 unspecified atom stereocenters. The Labute approximate surface area is 88.1 Å². The number of benzene rings is 1. The molecule has 3 heteroatoms. The summed E-state index contributed by atoms with van der Waals surface area (Å²) in [5.41, 5.74) is 0.912. The molecule has 0 atom stereocenters. The summed E-state index contributed by atoms with van der Waals surface area (Å²) < 4.78 is 4.53. The van der Waals surface area contributed by atoms with Crippen molar-refractivity contribution < 1.29 is 14.3 Å². The molecule has 0 bridgehead atoms. The molecule has 1 aromatic carbocycles. The number of ketones is 1. The lowest BCUT2D eigenvalue weighted by Crippen LogP contribution is -2.02. The molecule has 76 valence electrons. The minimum atomic E-state index is -0.425. The number of rotatable bonds is 3. The molecule has 0 N–H and O–H groups in total. The summed E-state index contributed by atoms with van der Waals surface area (Å²) in [5.74, 6) is 1.72. The lowest BCUT2D eigenvalue weighted by Gasteiger charge is -2.00. The fourth-order valence-electron chi connectivity index (χ4n) is 1.10. The van der Waals surface area contributed by atoms with Crippen LogP contribution in [0.5, 0.6) is 0 Å². The molecule has 0 saturated carbocycles. The van der Waals surface area contributed by atoms with E-state index in [-0.39, 0.29) is 12.2 Å². The van der Waals surface area contributed by atoms with E-state index in [9.17, 15) is 9.59 Å². The first-order valence-electron chi connectivity index (χ1n) is 4.34. The third-order valence-corrected chi connectivity index (χ3v) is 1.89. The van der Waals surface area contributed by atoms with E-state index in [1.54, 1.807) is 12.1 Å². The number of esters is 1. The van der Waals surface area contributed by atoms with Gasteiger partial charge in [0.1, 0.15) is 0 Å². The maximum atomic E-state index is 11.3. The molecule has 0 spiro atoms. The average molecular weight is 202 g/mol. The van der Waals surface area contributed by atoms with E-state index in [4.69, 9.17) is 6.42 Å². The summed E-state index contributed by atoms with van der Waals surface area (Å²) in [5, 5.41) is 0. The quantitative estimate of drug-likeness (QED) is 0.425. The molecule has 0 saturated heterocycles. The van der Waals surface area contributed by atoms with Crippen LogP contribution in [0.4, 0.5) is 0 Å². The molecular weight excluding hydrogens is 192 g/mol. The zero-order valence-electron chi connectivity index (χ0n) is 8.32. The van der Waals surface area contributed by atoms with Crippen molar-refractivity contribution in [2.24, 2.45) is 0 Å². The molecule has 0 heterocycles. The number of methoxy groups -OCH3 is 1. The number of carbonyl (C=O) groups excluding carboxylic acids is 2. The summed E-state index contributed by atoms with van der Waals surface area (Å²) in [6, 6.07) is 6.20. The summed E-state index contributed by atoms with van der Waals surface area (Å²) in [7, 11) is 1.31. The van der Waals surface area contributed by atoms with Crippen molar-refractivity contribution in [3.8, 4) is 12.3 Å². The topological polar surface area (TPSA) is 43.4 Å². The fourth-order valence-corrected chi connectivity index (χ4v) is 1.10. The van der Waals surface area contributed by atoms with Crippen molar-refractivity contribution in [2.75, 3.05) is 7.11 Å². The zero-order chi connectivity index (χ0) is 11.3. The largest absolute Gasteiger partial charge is 0.465 e. The van der Waals surface area contributed by atoms with Gasteiger partial charge in [0.2, 0.25) is 0 Å². The highest BCUT2D eigenvalue weighted by Gasteiger charge is 2.07. The van der Waals surface area contributed by atoms with Gasteiger partial charge in [-0.15, -0.1) is 6.42 Å². The molecule has 0 radical (unpaired) electrons. The SMILES string of the molecule is C#CCC(=O)c1ccc(C(=O)OC)cc1. The lowest BCUT2D eigenvalue weighted by atomic mass is 10.1. The molecular formula is C12H10O3. The maximum Gasteiger partial charge on any atom is 0.337 e. The van der Waals surface area contributed by atoms with Crippen molar-refractivity contribution in [1.82, 2.24) is 0 Å². The van der Waals surface area contributed by atoms with Crippen LogP contribution >= 0.6 is 0 Å². The van der Waals surface area contributed by atoms with Crippen LogP contribution < -0.4 is 0 Å². The second-order valence-electron chi connectivity index (χ2n) is 2.87. The van der Waals surface area contributed by atoms with E-state index < -0.39 is 5.97 Å². The monoisotopic (exact) mass is 202 g/mol. The molecule has 0 aromatic heterocycles. The van der Waals surface area contributed by atoms with E-state index in [1.807, 2.05) is 0 Å². The van der Waals surface area contributed by atoms with Gasteiger partial charge in [-0.3, -0.25) is 4.79 Å². The smallest absolute Gasteiger partial charge is 0.337 e. The van der Waals surface area contributed by atoms with E-state index in [0.29, 0.717) is 11.1 Å². The average Bonchev–Trinajstić information content (AvgIpc) is 2.28. The first-order chi connectivity index (χ1) is 7.19. The molecule has 0 fully saturated rings. The highest BCUT2D eigenvalue weighted by Crippen LogP contribution is 2.07. The number of hydrogen-bond donors (Lipinski definition) is 0. The molecule has 0 aliphatic heterocycles. The van der Waals surface area contributed by atoms with Crippen molar-refractivity contribution in [3.05, 3.63) is 35.4 Å². The van der Waals surface area contributed by atoms with Gasteiger partial charge in [-0.05, 0) is 12.1 Å². The van der Waals surface area contributed by atoms with Crippen LogP contribution in [0, 0.1) is 12.3 Å². The second kappa shape index (κ2) is 4.97. The first-order valence-corrected chi connectivity index (χ1v) is 4.34. The Hall–Kier alpha value is -2.08. The van der Waals surface area contributed by atoms with E-state index >= 15 is 0 Å². The Bertz CT molecular complexity index is 409. The number of ether oxygens (including phenoxy) is 1. The molecule has 3 nitrogen and oxygen atoms in total. The Morgan fingerprint density at radius 1 is 1.27 bits per heavy atom. The summed E-state index contributed by atoms with van der Waals surface area (Å²) in [6.45, 7) is 0. The van der Waals surface area contributed by atoms with Gasteiger partial charge in [0.15, 0.2) is 5.78 Å². The van der Waals surface area contributed by atoms with E-state index in [2.05, 4.69) is 10.7 Å². The third-order valence-electron chi connectivity index (χ3n) is 1.89. The van der Waals surface area contributed by atoms with Gasteiger partial charge in [0.05, 0.1) is 19.1 Å². The van der Waals surface area contributed by atoms with Gasteiger partial charge in [0.25, 0.3) is 0 Å². The van der Waals surface area contributed by atoms with Gasteiger partial charge < -0.3 is 4.74 Å². The van der Waals surface area contributed by atoms with Crippen LogP contribution in [-0.2, 0) is 4.74 Å². The van der Waals surface area contributed by atoms with Gasteiger partial charge in [-0.2, -0.15) is 0 Å². The molecule has 0 aliphatic carbocycles. The number of hydrogen-bond acceptors (Lipinski definition) is 3. The normalized spacial score (nSPS) is 9.07. The predicted octanol–water partition coefficient (Wildman–Crippen LogP) is 1.68.